The second-order valence-corrected chi connectivity index (χ2v) is 28.0. The van der Waals surface area contributed by atoms with Crippen LogP contribution in [0.1, 0.15) is 0 Å². The molecule has 16 aromatic carbocycles. The van der Waals surface area contributed by atoms with Gasteiger partial charge in [0, 0.05) is 98.2 Å². The van der Waals surface area contributed by atoms with Crippen molar-refractivity contribution in [2.75, 3.05) is 0 Å². The van der Waals surface area contributed by atoms with Crippen molar-refractivity contribution in [2.24, 2.45) is 0 Å². The number of furan rings is 3. The normalized spacial score (nSPS) is 12.2. The van der Waals surface area contributed by atoms with Crippen LogP contribution in [-0.2, 0) is 0 Å². The number of rotatable bonds is 9. The summed E-state index contributed by atoms with van der Waals surface area (Å²) in [5.41, 5.74) is 27.7. The van der Waals surface area contributed by atoms with Gasteiger partial charge in [0.15, 0.2) is 5.82 Å². The predicted molar refractivity (Wildman–Crippen MR) is 437 cm³/mol. The van der Waals surface area contributed by atoms with Gasteiger partial charge in [0.2, 0.25) is 0 Å². The van der Waals surface area contributed by atoms with Gasteiger partial charge in [0.05, 0.1) is 44.3 Å². The molecule has 0 fully saturated rings. The molecule has 7 heterocycles. The topological polar surface area (TPSA) is 80.0 Å². The highest BCUT2D eigenvalue weighted by Crippen LogP contribution is 2.44. The Morgan fingerprint density at radius 2 is 0.500 bits per heavy atom. The quantitative estimate of drug-likeness (QED) is 0.144. The summed E-state index contributed by atoms with van der Waals surface area (Å²) in [5, 5.41) is 14.8. The van der Waals surface area contributed by atoms with Gasteiger partial charge in [-0.05, 0) is 214 Å². The molecule has 492 valence electrons. The molecule has 8 nitrogen and oxygen atoms in total. The average Bonchev–Trinajstić information content (AvgIpc) is 1.58. The first kappa shape index (κ1) is 58.3. The van der Waals surface area contributed by atoms with Crippen LogP contribution < -0.4 is 0 Å². The molecular weight excluding hydrogens is 1300 g/mol. The van der Waals surface area contributed by atoms with Crippen molar-refractivity contribution in [1.82, 2.24) is 23.7 Å². The third kappa shape index (κ3) is 8.95. The lowest BCUT2D eigenvalue weighted by Crippen LogP contribution is -1.98. The maximum atomic E-state index is 6.37. The molecule has 0 amide bonds. The van der Waals surface area contributed by atoms with Gasteiger partial charge in [0.1, 0.15) is 33.5 Å². The van der Waals surface area contributed by atoms with Crippen LogP contribution in [0.15, 0.2) is 359 Å². The van der Waals surface area contributed by atoms with E-state index in [-0.39, 0.29) is 0 Å². The van der Waals surface area contributed by atoms with Gasteiger partial charge in [0.25, 0.3) is 0 Å². The SMILES string of the molecule is c1cc(-c2ccc3nc(-c4ccc(-n5c6ccccc6c6cc(-c7ccc8c(c7)oc7ccccc78)ccc65)cc4)nc(-c4ccc(-n5c6ccccc6c6cc(-c7ccc8c(c7)oc7ccccc78)ccc65)cc4)c3c2)cc(-n2c3ccccc3c3cc(-c4ccc5c(c4)oc4ccccc45)ccc32)c1. The van der Waals surface area contributed by atoms with E-state index in [1.165, 1.54) is 32.3 Å². The van der Waals surface area contributed by atoms with Crippen molar-refractivity contribution >= 4 is 142 Å². The van der Waals surface area contributed by atoms with Crippen LogP contribution in [0.5, 0.6) is 0 Å². The molecule has 0 atom stereocenters. The molecule has 0 aliphatic rings. The molecule has 0 aliphatic carbocycles. The van der Waals surface area contributed by atoms with Crippen LogP contribution in [0.25, 0.3) is 226 Å². The molecular formula is C98H57N5O3. The molecule has 0 saturated carbocycles. The summed E-state index contributed by atoms with van der Waals surface area (Å²) in [6.45, 7) is 0. The molecule has 0 radical (unpaired) electrons. The van der Waals surface area contributed by atoms with Crippen LogP contribution in [0.4, 0.5) is 0 Å². The minimum atomic E-state index is 0.642. The van der Waals surface area contributed by atoms with E-state index in [9.17, 15) is 0 Å². The second kappa shape index (κ2) is 22.6. The van der Waals surface area contributed by atoms with E-state index in [0.717, 1.165) is 188 Å². The fraction of sp³-hybridized carbons (Fsp3) is 0. The van der Waals surface area contributed by atoms with E-state index in [2.05, 4.69) is 323 Å². The van der Waals surface area contributed by atoms with Gasteiger partial charge in [-0.25, -0.2) is 9.97 Å². The van der Waals surface area contributed by atoms with Crippen molar-refractivity contribution in [3.05, 3.63) is 346 Å². The Labute approximate surface area is 605 Å². The zero-order valence-electron chi connectivity index (χ0n) is 56.9. The number of para-hydroxylation sites is 6. The van der Waals surface area contributed by atoms with Crippen LogP contribution in [0.3, 0.4) is 0 Å². The largest absolute Gasteiger partial charge is 0.456 e. The lowest BCUT2D eigenvalue weighted by molar-refractivity contribution is 0.668. The van der Waals surface area contributed by atoms with Gasteiger partial charge in [-0.3, -0.25) is 0 Å². The van der Waals surface area contributed by atoms with Crippen LogP contribution in [0, 0.1) is 0 Å². The van der Waals surface area contributed by atoms with E-state index in [0.29, 0.717) is 5.82 Å². The van der Waals surface area contributed by atoms with Crippen molar-refractivity contribution in [3.63, 3.8) is 0 Å². The number of aromatic nitrogens is 5. The van der Waals surface area contributed by atoms with Crippen molar-refractivity contribution < 1.29 is 13.3 Å². The van der Waals surface area contributed by atoms with Gasteiger partial charge < -0.3 is 27.0 Å². The highest BCUT2D eigenvalue weighted by Gasteiger charge is 2.22. The van der Waals surface area contributed by atoms with Crippen LogP contribution in [0.2, 0.25) is 0 Å². The van der Waals surface area contributed by atoms with Crippen molar-refractivity contribution in [2.45, 2.75) is 0 Å². The number of hydrogen-bond acceptors (Lipinski definition) is 5. The zero-order valence-corrected chi connectivity index (χ0v) is 56.9. The maximum absolute atomic E-state index is 6.37. The predicted octanol–water partition coefficient (Wildman–Crippen LogP) is 26.6. The lowest BCUT2D eigenvalue weighted by Gasteiger charge is -2.14. The number of benzene rings is 16. The molecule has 8 heteroatoms. The van der Waals surface area contributed by atoms with Gasteiger partial charge in [-0.15, -0.1) is 0 Å². The molecule has 0 aliphatic heterocycles. The van der Waals surface area contributed by atoms with Crippen molar-refractivity contribution in [1.29, 1.82) is 0 Å². The first-order valence-electron chi connectivity index (χ1n) is 36.0. The van der Waals surface area contributed by atoms with Gasteiger partial charge in [-0.2, -0.15) is 0 Å². The molecule has 0 N–H and O–H groups in total. The minimum absolute atomic E-state index is 0.642. The monoisotopic (exact) mass is 1350 g/mol. The third-order valence-electron chi connectivity index (χ3n) is 22.1. The fourth-order valence-electron chi connectivity index (χ4n) is 17.0. The first-order valence-corrected chi connectivity index (χ1v) is 36.0. The smallest absolute Gasteiger partial charge is 0.160 e. The standard InChI is InChI=1S/C98H57N5O3/c1-7-22-85-71(16-1)80-51-62(65-32-43-77-74-19-4-10-25-91(74)104-94(77)55-65)36-47-88(80)101(85)68-39-28-58(29-40-68)97-83-54-61(60-14-13-15-70(50-60)103-87-24-9-3-18-73(87)82-53-64(38-49-90(82)103)67-34-45-79-76-21-6-12-27-93(76)106-96(79)57-67)35-46-84(83)99-98(100-97)59-30-41-69(42-31-59)102-86-23-8-2-17-72(86)81-52-63(37-48-89(81)102)66-33-44-78-75-20-5-11-26-92(75)105-95(78)56-66/h1-57H. The summed E-state index contributed by atoms with van der Waals surface area (Å²) in [6, 6.07) is 124. The highest BCUT2D eigenvalue weighted by molar-refractivity contribution is 6.15. The summed E-state index contributed by atoms with van der Waals surface area (Å²) in [6.07, 6.45) is 0. The van der Waals surface area contributed by atoms with E-state index in [1.807, 2.05) is 36.4 Å². The summed E-state index contributed by atoms with van der Waals surface area (Å²) in [5.74, 6) is 0.642. The summed E-state index contributed by atoms with van der Waals surface area (Å²) >= 11 is 0. The molecule has 23 rings (SSSR count). The van der Waals surface area contributed by atoms with Gasteiger partial charge in [-0.1, -0.05) is 176 Å². The Morgan fingerprint density at radius 3 is 0.943 bits per heavy atom. The molecule has 0 unspecified atom stereocenters. The van der Waals surface area contributed by atoms with Crippen molar-refractivity contribution in [3.8, 4) is 84.2 Å². The maximum Gasteiger partial charge on any atom is 0.160 e. The van der Waals surface area contributed by atoms with Gasteiger partial charge >= 0.3 is 0 Å². The Hall–Kier alpha value is -14.3. The highest BCUT2D eigenvalue weighted by atomic mass is 16.3. The van der Waals surface area contributed by atoms with E-state index in [1.54, 1.807) is 0 Å². The lowest BCUT2D eigenvalue weighted by atomic mass is 9.99. The second-order valence-electron chi connectivity index (χ2n) is 28.0. The third-order valence-corrected chi connectivity index (χ3v) is 22.1. The number of nitrogens with zero attached hydrogens (tertiary/aromatic N) is 5. The molecule has 23 aromatic rings. The molecule has 7 aromatic heterocycles. The number of hydrogen-bond donors (Lipinski definition) is 0. The molecule has 0 spiro atoms. The fourth-order valence-corrected chi connectivity index (χ4v) is 17.0. The van der Waals surface area contributed by atoms with E-state index >= 15 is 0 Å². The number of fused-ring (bicyclic) bond motifs is 19. The van der Waals surface area contributed by atoms with Crippen LogP contribution >= 0.6 is 0 Å². The van der Waals surface area contributed by atoms with Crippen LogP contribution in [-0.4, -0.2) is 23.7 Å². The zero-order chi connectivity index (χ0) is 69.2. The first-order chi connectivity index (χ1) is 52.5. The Kier molecular flexibility index (Phi) is 12.4. The van der Waals surface area contributed by atoms with E-state index in [4.69, 9.17) is 23.2 Å². The molecule has 0 bridgehead atoms. The molecule has 106 heavy (non-hydrogen) atoms. The minimum Gasteiger partial charge on any atom is -0.456 e. The summed E-state index contributed by atoms with van der Waals surface area (Å²) in [4.78, 5) is 11.1. The Bertz CT molecular complexity index is 7650. The Morgan fingerprint density at radius 1 is 0.179 bits per heavy atom. The Balaban J connectivity index is 0.632. The average molecular weight is 1350 g/mol. The summed E-state index contributed by atoms with van der Waals surface area (Å²) in [7, 11) is 0. The van der Waals surface area contributed by atoms with E-state index < -0.39 is 0 Å². The molecule has 0 saturated heterocycles. The summed E-state index contributed by atoms with van der Waals surface area (Å²) < 4.78 is 26.2.